The van der Waals surface area contributed by atoms with E-state index in [1.54, 1.807) is 13.2 Å². The summed E-state index contributed by atoms with van der Waals surface area (Å²) in [4.78, 5) is 18.4. The highest BCUT2D eigenvalue weighted by Crippen LogP contribution is 2.48. The molecule has 3 aromatic rings. The number of carboxylic acid groups (broad SMARTS) is 1. The van der Waals surface area contributed by atoms with Crippen molar-refractivity contribution in [3.05, 3.63) is 76.7 Å². The summed E-state index contributed by atoms with van der Waals surface area (Å²) in [6, 6.07) is 15.2. The quantitative estimate of drug-likeness (QED) is 0.285. The number of carbonyl (C=O) groups is 1. The summed E-state index contributed by atoms with van der Waals surface area (Å²) in [5, 5.41) is 9.76. The van der Waals surface area contributed by atoms with Crippen LogP contribution in [0.5, 0.6) is 11.6 Å². The summed E-state index contributed by atoms with van der Waals surface area (Å²) in [5.74, 6) is 0.0982. The lowest BCUT2D eigenvalue weighted by molar-refractivity contribution is -0.142. The third kappa shape index (κ3) is 5.63. The molecule has 2 aliphatic heterocycles. The van der Waals surface area contributed by atoms with E-state index in [1.165, 1.54) is 6.20 Å². The fourth-order valence-corrected chi connectivity index (χ4v) is 7.11. The molecule has 3 aliphatic rings. The Hall–Kier alpha value is -3.45. The van der Waals surface area contributed by atoms with Crippen molar-refractivity contribution < 1.29 is 23.8 Å². The molecule has 1 saturated heterocycles. The van der Waals surface area contributed by atoms with Crippen molar-refractivity contribution in [1.29, 1.82) is 0 Å². The van der Waals surface area contributed by atoms with Gasteiger partial charge in [-0.25, -0.2) is 9.37 Å². The molecule has 222 valence electrons. The summed E-state index contributed by atoms with van der Waals surface area (Å²) in [6.45, 7) is 7.07. The van der Waals surface area contributed by atoms with E-state index < -0.39 is 11.9 Å². The number of halogens is 1. The van der Waals surface area contributed by atoms with E-state index in [-0.39, 0.29) is 17.8 Å². The van der Waals surface area contributed by atoms with Crippen LogP contribution >= 0.6 is 0 Å². The Bertz CT molecular complexity index is 1460. The third-order valence-electron chi connectivity index (χ3n) is 9.80. The predicted octanol–water partition coefficient (Wildman–Crippen LogP) is 7.55. The number of ether oxygens (including phenoxy) is 2. The van der Waals surface area contributed by atoms with Gasteiger partial charge < -0.3 is 14.6 Å². The van der Waals surface area contributed by atoms with Gasteiger partial charge in [0.05, 0.1) is 19.2 Å². The molecule has 0 radical (unpaired) electrons. The van der Waals surface area contributed by atoms with E-state index >= 15 is 4.39 Å². The number of aromatic nitrogens is 1. The lowest BCUT2D eigenvalue weighted by Crippen LogP contribution is -2.32. The number of benzene rings is 2. The molecule has 2 aromatic carbocycles. The Labute approximate surface area is 247 Å². The van der Waals surface area contributed by atoms with Crippen molar-refractivity contribution in [2.24, 2.45) is 11.8 Å². The normalized spacial score (nSPS) is 23.6. The lowest BCUT2D eigenvalue weighted by Gasteiger charge is -2.30. The van der Waals surface area contributed by atoms with E-state index in [4.69, 9.17) is 9.47 Å². The van der Waals surface area contributed by atoms with Crippen molar-refractivity contribution in [3.63, 3.8) is 0 Å². The molecule has 42 heavy (non-hydrogen) atoms. The van der Waals surface area contributed by atoms with E-state index in [9.17, 15) is 9.90 Å². The number of hydrogen-bond donors (Lipinski definition) is 1. The van der Waals surface area contributed by atoms with Gasteiger partial charge in [-0.2, -0.15) is 0 Å². The minimum absolute atomic E-state index is 0.000599. The van der Waals surface area contributed by atoms with Crippen molar-refractivity contribution in [2.45, 2.75) is 89.9 Å². The summed E-state index contributed by atoms with van der Waals surface area (Å²) >= 11 is 0. The maximum absolute atomic E-state index is 15.1. The average molecular weight is 573 g/mol. The first-order chi connectivity index (χ1) is 20.2. The zero-order chi connectivity index (χ0) is 29.5. The second-order valence-electron chi connectivity index (χ2n) is 12.6. The van der Waals surface area contributed by atoms with Crippen LogP contribution in [0.2, 0.25) is 0 Å². The van der Waals surface area contributed by atoms with Gasteiger partial charge in [-0.3, -0.25) is 9.69 Å². The highest BCUT2D eigenvalue weighted by atomic mass is 19.1. The number of aliphatic carboxylic acids is 1. The number of pyridine rings is 1. The van der Waals surface area contributed by atoms with Crippen LogP contribution in [0.4, 0.5) is 4.39 Å². The first-order valence-electron chi connectivity index (χ1n) is 15.3. The molecule has 3 heterocycles. The van der Waals surface area contributed by atoms with Gasteiger partial charge >= 0.3 is 5.97 Å². The number of nitrogens with zero attached hydrogens (tertiary/aromatic N) is 2. The second kappa shape index (κ2) is 11.7. The Balaban J connectivity index is 1.33. The summed E-state index contributed by atoms with van der Waals surface area (Å²) in [7, 11) is 1.54. The molecule has 1 saturated carbocycles. The largest absolute Gasteiger partial charge is 0.485 e. The van der Waals surface area contributed by atoms with Crippen molar-refractivity contribution >= 4 is 5.97 Å². The highest BCUT2D eigenvalue weighted by Gasteiger charge is 2.39. The van der Waals surface area contributed by atoms with Crippen LogP contribution in [-0.4, -0.2) is 40.2 Å². The molecule has 0 amide bonds. The Kier molecular flexibility index (Phi) is 7.97. The summed E-state index contributed by atoms with van der Waals surface area (Å²) in [5.41, 5.74) is 5.69. The van der Waals surface area contributed by atoms with Crippen LogP contribution in [0.3, 0.4) is 0 Å². The van der Waals surface area contributed by atoms with Gasteiger partial charge in [0.25, 0.3) is 0 Å². The summed E-state index contributed by atoms with van der Waals surface area (Å²) < 4.78 is 27.1. The van der Waals surface area contributed by atoms with E-state index in [1.807, 2.05) is 13.0 Å². The highest BCUT2D eigenvalue weighted by molar-refractivity contribution is 5.71. The van der Waals surface area contributed by atoms with Gasteiger partial charge in [-0.1, -0.05) is 37.3 Å². The van der Waals surface area contributed by atoms with Crippen LogP contribution < -0.4 is 9.47 Å². The van der Waals surface area contributed by atoms with Gasteiger partial charge in [-0.05, 0) is 98.1 Å². The average Bonchev–Trinajstić information content (AvgIpc) is 3.78. The lowest BCUT2D eigenvalue weighted by atomic mass is 9.82. The topological polar surface area (TPSA) is 71.9 Å². The smallest absolute Gasteiger partial charge is 0.306 e. The van der Waals surface area contributed by atoms with E-state index in [0.29, 0.717) is 29.4 Å². The third-order valence-corrected chi connectivity index (χ3v) is 9.80. The molecule has 5 atom stereocenters. The minimum Gasteiger partial charge on any atom is -0.485 e. The Morgan fingerprint density at radius 2 is 1.83 bits per heavy atom. The summed E-state index contributed by atoms with van der Waals surface area (Å²) in [6.07, 6.45) is 7.29. The molecular weight excluding hydrogens is 531 g/mol. The SMILES string of the molecule is COc1cc(-c2ccc([C@@H]3CCc4ccc([C@H](C5CC5)[C@H](C)C(=O)O)cc4O3)cc2CN2[C@H](C)CC[C@@H]2C)c(F)cn1. The molecule has 0 bridgehead atoms. The van der Waals surface area contributed by atoms with E-state index in [0.717, 1.165) is 78.6 Å². The fraction of sp³-hybridized carbons (Fsp3) is 0.486. The number of methoxy groups -OCH3 is 1. The van der Waals surface area contributed by atoms with Crippen LogP contribution in [0, 0.1) is 17.7 Å². The molecule has 0 unspecified atom stereocenters. The monoisotopic (exact) mass is 572 g/mol. The van der Waals surface area contributed by atoms with Crippen molar-refractivity contribution in [2.75, 3.05) is 7.11 Å². The first kappa shape index (κ1) is 28.7. The van der Waals surface area contributed by atoms with Gasteiger partial charge in [0, 0.05) is 30.3 Å². The maximum Gasteiger partial charge on any atom is 0.306 e. The minimum atomic E-state index is -0.749. The molecule has 2 fully saturated rings. The number of aryl methyl sites for hydroxylation is 1. The molecule has 1 aromatic heterocycles. The van der Waals surface area contributed by atoms with Gasteiger partial charge in [0.1, 0.15) is 17.7 Å². The van der Waals surface area contributed by atoms with Crippen LogP contribution in [0.1, 0.15) is 87.2 Å². The molecule has 6 rings (SSSR count). The molecule has 1 N–H and O–H groups in total. The molecule has 0 spiro atoms. The zero-order valence-electron chi connectivity index (χ0n) is 25.0. The van der Waals surface area contributed by atoms with Gasteiger partial charge in [0.2, 0.25) is 5.88 Å². The van der Waals surface area contributed by atoms with Crippen LogP contribution in [0.25, 0.3) is 11.1 Å². The first-order valence-corrected chi connectivity index (χ1v) is 15.3. The number of rotatable bonds is 9. The number of hydrogen-bond acceptors (Lipinski definition) is 5. The Morgan fingerprint density at radius 3 is 2.52 bits per heavy atom. The zero-order valence-corrected chi connectivity index (χ0v) is 25.0. The van der Waals surface area contributed by atoms with Crippen molar-refractivity contribution in [1.82, 2.24) is 9.88 Å². The van der Waals surface area contributed by atoms with Crippen LogP contribution in [0.15, 0.2) is 48.7 Å². The molecule has 1 aliphatic carbocycles. The predicted molar refractivity (Wildman–Crippen MR) is 160 cm³/mol. The number of fused-ring (bicyclic) bond motifs is 1. The van der Waals surface area contributed by atoms with Crippen molar-refractivity contribution in [3.8, 4) is 22.8 Å². The molecular formula is C35H41FN2O4. The molecule has 7 heteroatoms. The number of likely N-dealkylation sites (tertiary alicyclic amines) is 1. The van der Waals surface area contributed by atoms with Crippen LogP contribution in [-0.2, 0) is 17.8 Å². The fourth-order valence-electron chi connectivity index (χ4n) is 7.11. The second-order valence-corrected chi connectivity index (χ2v) is 12.6. The maximum atomic E-state index is 15.1. The van der Waals surface area contributed by atoms with Gasteiger partial charge in [-0.15, -0.1) is 0 Å². The van der Waals surface area contributed by atoms with E-state index in [2.05, 4.69) is 54.1 Å². The number of carboxylic acids is 1. The standard InChI is InChI=1S/C35H41FN2O4/c1-20-5-6-21(2)38(20)19-27-15-25(11-13-28(27)29-17-33(41-4)37-18-30(29)36)31-14-12-23-7-10-26(16-32(23)42-31)34(24-8-9-24)22(3)35(39)40/h7,10-11,13,15-18,20-22,24,31,34H,5-6,8-9,12,14,19H2,1-4H3,(H,39,40)/t20-,21+,22-,31-,34-/m0/s1. The molecule has 6 nitrogen and oxygen atoms in total. The van der Waals surface area contributed by atoms with Gasteiger partial charge in [0.15, 0.2) is 0 Å². The Morgan fingerprint density at radius 1 is 1.07 bits per heavy atom.